The van der Waals surface area contributed by atoms with Gasteiger partial charge < -0.3 is 10.3 Å². The second kappa shape index (κ2) is 4.24. The number of anilines is 1. The maximum Gasteiger partial charge on any atom is 0.106 e. The third-order valence-corrected chi connectivity index (χ3v) is 5.71. The number of nitrogen functional groups attached to an aromatic ring is 1. The Labute approximate surface area is 120 Å². The first-order valence-electron chi connectivity index (χ1n) is 7.87. The lowest BCUT2D eigenvalue weighted by Gasteiger charge is -2.30. The Kier molecular flexibility index (Phi) is 2.60. The fourth-order valence-electron chi connectivity index (χ4n) is 4.83. The number of imidazole rings is 1. The molecule has 1 aromatic heterocycles. The molecule has 2 N–H and O–H groups in total. The van der Waals surface area contributed by atoms with E-state index in [2.05, 4.69) is 24.5 Å². The fraction of sp³-hybridized carbons (Fsp3) is 0.588. The molecule has 106 valence electrons. The van der Waals surface area contributed by atoms with Crippen LogP contribution in [-0.4, -0.2) is 9.55 Å². The number of aryl methyl sites for hydroxylation is 1. The summed E-state index contributed by atoms with van der Waals surface area (Å²) < 4.78 is 2.44. The van der Waals surface area contributed by atoms with Crippen molar-refractivity contribution in [3.63, 3.8) is 0 Å². The summed E-state index contributed by atoms with van der Waals surface area (Å²) in [6.07, 6.45) is 5.79. The van der Waals surface area contributed by atoms with Crippen LogP contribution in [0.5, 0.6) is 0 Å². The van der Waals surface area contributed by atoms with Gasteiger partial charge in [-0.05, 0) is 69.1 Å². The molecule has 0 radical (unpaired) electrons. The van der Waals surface area contributed by atoms with Crippen LogP contribution < -0.4 is 5.73 Å². The third kappa shape index (κ3) is 1.68. The van der Waals surface area contributed by atoms with Crippen molar-refractivity contribution in [1.29, 1.82) is 0 Å². The van der Waals surface area contributed by atoms with Crippen LogP contribution in [0.15, 0.2) is 18.2 Å². The zero-order valence-electron chi connectivity index (χ0n) is 12.3. The quantitative estimate of drug-likeness (QED) is 0.840. The van der Waals surface area contributed by atoms with Gasteiger partial charge in [-0.3, -0.25) is 0 Å². The van der Waals surface area contributed by atoms with E-state index in [0.29, 0.717) is 6.04 Å². The first-order chi connectivity index (χ1) is 9.63. The summed E-state index contributed by atoms with van der Waals surface area (Å²) in [7, 11) is 0. The molecule has 2 aromatic rings. The molecule has 0 amide bonds. The van der Waals surface area contributed by atoms with Gasteiger partial charge in [0.15, 0.2) is 0 Å². The lowest BCUT2D eigenvalue weighted by Crippen LogP contribution is -2.22. The van der Waals surface area contributed by atoms with Crippen LogP contribution in [0, 0.1) is 24.7 Å². The summed E-state index contributed by atoms with van der Waals surface area (Å²) in [5.41, 5.74) is 8.96. The number of hydrogen-bond donors (Lipinski definition) is 1. The molecule has 0 aliphatic heterocycles. The van der Waals surface area contributed by atoms with E-state index >= 15 is 0 Å². The van der Waals surface area contributed by atoms with Gasteiger partial charge in [-0.25, -0.2) is 4.98 Å². The summed E-state index contributed by atoms with van der Waals surface area (Å²) in [5.74, 6) is 3.90. The van der Waals surface area contributed by atoms with Crippen LogP contribution in [0.1, 0.15) is 44.5 Å². The van der Waals surface area contributed by atoms with Gasteiger partial charge in [-0.1, -0.05) is 6.42 Å². The van der Waals surface area contributed by atoms with Crippen LogP contribution in [0.2, 0.25) is 0 Å². The molecule has 0 spiro atoms. The Morgan fingerprint density at radius 2 is 2.15 bits per heavy atom. The SMILES string of the molecule is Cc1nc2cc(N)ccc2n1C(C)C1CC2CCC1C2. The first kappa shape index (κ1) is 12.2. The summed E-state index contributed by atoms with van der Waals surface area (Å²) >= 11 is 0. The van der Waals surface area contributed by atoms with Crippen molar-refractivity contribution >= 4 is 16.7 Å². The van der Waals surface area contributed by atoms with E-state index < -0.39 is 0 Å². The van der Waals surface area contributed by atoms with Crippen molar-refractivity contribution in [1.82, 2.24) is 9.55 Å². The molecule has 3 nitrogen and oxygen atoms in total. The third-order valence-electron chi connectivity index (χ3n) is 5.71. The molecular formula is C17H23N3. The number of aromatic nitrogens is 2. The van der Waals surface area contributed by atoms with Crippen molar-refractivity contribution in [2.45, 2.75) is 45.6 Å². The minimum atomic E-state index is 0.555. The van der Waals surface area contributed by atoms with E-state index in [1.54, 1.807) is 0 Å². The van der Waals surface area contributed by atoms with Crippen molar-refractivity contribution in [2.75, 3.05) is 5.73 Å². The molecule has 20 heavy (non-hydrogen) atoms. The molecule has 2 saturated carbocycles. The molecule has 2 fully saturated rings. The topological polar surface area (TPSA) is 43.8 Å². The van der Waals surface area contributed by atoms with Crippen molar-refractivity contribution in [3.8, 4) is 0 Å². The summed E-state index contributed by atoms with van der Waals surface area (Å²) in [5, 5.41) is 0. The van der Waals surface area contributed by atoms with Crippen LogP contribution in [-0.2, 0) is 0 Å². The van der Waals surface area contributed by atoms with Crippen LogP contribution in [0.4, 0.5) is 5.69 Å². The van der Waals surface area contributed by atoms with Crippen molar-refractivity contribution < 1.29 is 0 Å². The van der Waals surface area contributed by atoms with Gasteiger partial charge in [-0.15, -0.1) is 0 Å². The number of fused-ring (bicyclic) bond motifs is 3. The average molecular weight is 269 g/mol. The largest absolute Gasteiger partial charge is 0.399 e. The molecular weight excluding hydrogens is 246 g/mol. The lowest BCUT2D eigenvalue weighted by atomic mass is 9.83. The summed E-state index contributed by atoms with van der Waals surface area (Å²) in [6.45, 7) is 4.51. The molecule has 4 atom stereocenters. The highest BCUT2D eigenvalue weighted by atomic mass is 15.1. The highest BCUT2D eigenvalue weighted by Crippen LogP contribution is 2.52. The molecule has 2 bridgehead atoms. The van der Waals surface area contributed by atoms with Gasteiger partial charge in [0, 0.05) is 11.7 Å². The minimum Gasteiger partial charge on any atom is -0.399 e. The molecule has 4 rings (SSSR count). The maximum absolute atomic E-state index is 5.88. The number of nitrogens with zero attached hydrogens (tertiary/aromatic N) is 2. The minimum absolute atomic E-state index is 0.555. The van der Waals surface area contributed by atoms with Crippen LogP contribution >= 0.6 is 0 Å². The molecule has 1 heterocycles. The van der Waals surface area contributed by atoms with E-state index in [-0.39, 0.29) is 0 Å². The van der Waals surface area contributed by atoms with E-state index in [1.807, 2.05) is 12.1 Å². The summed E-state index contributed by atoms with van der Waals surface area (Å²) in [4.78, 5) is 4.71. The van der Waals surface area contributed by atoms with Crippen LogP contribution in [0.25, 0.3) is 11.0 Å². The van der Waals surface area contributed by atoms with Crippen LogP contribution in [0.3, 0.4) is 0 Å². The zero-order valence-corrected chi connectivity index (χ0v) is 12.3. The average Bonchev–Trinajstić information content (AvgIpc) is 3.10. The Morgan fingerprint density at radius 3 is 2.85 bits per heavy atom. The Morgan fingerprint density at radius 1 is 1.30 bits per heavy atom. The summed E-state index contributed by atoms with van der Waals surface area (Å²) in [6, 6.07) is 6.67. The zero-order chi connectivity index (χ0) is 13.9. The molecule has 0 saturated heterocycles. The van der Waals surface area contributed by atoms with Crippen molar-refractivity contribution in [3.05, 3.63) is 24.0 Å². The molecule has 4 unspecified atom stereocenters. The predicted octanol–water partition coefficient (Wildman–Crippen LogP) is 3.92. The maximum atomic E-state index is 5.88. The number of rotatable bonds is 2. The molecule has 2 aliphatic rings. The number of benzene rings is 1. The van der Waals surface area contributed by atoms with Gasteiger partial charge in [0.25, 0.3) is 0 Å². The van der Waals surface area contributed by atoms with Gasteiger partial charge in [0.2, 0.25) is 0 Å². The fourth-order valence-corrected chi connectivity index (χ4v) is 4.83. The molecule has 1 aromatic carbocycles. The predicted molar refractivity (Wildman–Crippen MR) is 82.5 cm³/mol. The van der Waals surface area contributed by atoms with E-state index in [9.17, 15) is 0 Å². The molecule has 2 aliphatic carbocycles. The standard InChI is InChI=1S/C17H23N3/c1-10(15-8-12-3-4-13(15)7-12)20-11(2)19-16-9-14(18)5-6-17(16)20/h5-6,9-10,12-13,15H,3-4,7-8,18H2,1-2H3. The highest BCUT2D eigenvalue weighted by Gasteiger charge is 2.42. The highest BCUT2D eigenvalue weighted by molar-refractivity contribution is 5.79. The first-order valence-corrected chi connectivity index (χ1v) is 7.87. The molecule has 3 heteroatoms. The van der Waals surface area contributed by atoms with Gasteiger partial charge in [0.1, 0.15) is 5.82 Å². The Balaban J connectivity index is 1.76. The lowest BCUT2D eigenvalue weighted by molar-refractivity contribution is 0.244. The monoisotopic (exact) mass is 269 g/mol. The van der Waals surface area contributed by atoms with Gasteiger partial charge >= 0.3 is 0 Å². The van der Waals surface area contributed by atoms with Gasteiger partial charge in [0.05, 0.1) is 11.0 Å². The van der Waals surface area contributed by atoms with Gasteiger partial charge in [-0.2, -0.15) is 0 Å². The smallest absolute Gasteiger partial charge is 0.106 e. The number of nitrogens with two attached hydrogens (primary N) is 1. The van der Waals surface area contributed by atoms with E-state index in [4.69, 9.17) is 10.7 Å². The second-order valence-corrected chi connectivity index (χ2v) is 6.86. The number of hydrogen-bond acceptors (Lipinski definition) is 2. The Bertz CT molecular complexity index is 658. The Hall–Kier alpha value is -1.51. The normalized spacial score (nSPS) is 30.2. The second-order valence-electron chi connectivity index (χ2n) is 6.86. The van der Waals surface area contributed by atoms with Crippen molar-refractivity contribution in [2.24, 2.45) is 17.8 Å². The van der Waals surface area contributed by atoms with E-state index in [0.717, 1.165) is 34.8 Å². The van der Waals surface area contributed by atoms with E-state index in [1.165, 1.54) is 31.2 Å².